The molecule has 0 amide bonds. The summed E-state index contributed by atoms with van der Waals surface area (Å²) in [7, 11) is 1.51. The lowest BCUT2D eigenvalue weighted by Crippen LogP contribution is -2.13. The minimum absolute atomic E-state index is 0.261. The molecule has 0 bridgehead atoms. The highest BCUT2D eigenvalue weighted by Gasteiger charge is 2.30. The third-order valence-corrected chi connectivity index (χ3v) is 2.09. The molecule has 0 aromatic heterocycles. The molecule has 1 aliphatic heterocycles. The number of carbonyl (C=O) groups excluding carboxylic acids is 2. The Balaban J connectivity index is 2.29. The number of ketones is 1. The Hall–Kier alpha value is -2.37. The van der Waals surface area contributed by atoms with Crippen LogP contribution in [0.2, 0.25) is 0 Å². The Labute approximate surface area is 96.8 Å². The van der Waals surface area contributed by atoms with Crippen LogP contribution in [0.5, 0.6) is 11.5 Å². The van der Waals surface area contributed by atoms with Crippen molar-refractivity contribution in [2.24, 2.45) is 5.16 Å². The molecule has 1 aromatic rings. The summed E-state index contributed by atoms with van der Waals surface area (Å²) in [6.07, 6.45) is 0. The van der Waals surface area contributed by atoms with E-state index < -0.39 is 11.8 Å². The van der Waals surface area contributed by atoms with Gasteiger partial charge in [-0.1, -0.05) is 0 Å². The molecule has 0 spiro atoms. The topological polar surface area (TPSA) is 74.2 Å². The molecule has 2 rings (SSSR count). The minimum Gasteiger partial charge on any atom is -0.497 e. The third-order valence-electron chi connectivity index (χ3n) is 2.09. The summed E-state index contributed by atoms with van der Waals surface area (Å²) in [6.45, 7) is 1.18. The van der Waals surface area contributed by atoms with E-state index in [9.17, 15) is 9.59 Å². The van der Waals surface area contributed by atoms with Gasteiger partial charge in [-0.15, -0.1) is 0 Å². The van der Waals surface area contributed by atoms with Gasteiger partial charge in [0, 0.05) is 13.0 Å². The largest absolute Gasteiger partial charge is 0.497 e. The van der Waals surface area contributed by atoms with Crippen LogP contribution in [-0.2, 0) is 9.63 Å². The van der Waals surface area contributed by atoms with E-state index in [1.54, 1.807) is 18.2 Å². The Morgan fingerprint density at radius 3 is 2.82 bits per heavy atom. The minimum atomic E-state index is -0.623. The van der Waals surface area contributed by atoms with Crippen molar-refractivity contribution in [3.05, 3.63) is 23.8 Å². The van der Waals surface area contributed by atoms with E-state index in [4.69, 9.17) is 9.47 Å². The number of fused-ring (bicyclic) bond motifs is 1. The third kappa shape index (κ3) is 2.10. The Bertz CT molecular complexity index is 521. The van der Waals surface area contributed by atoms with E-state index in [1.807, 2.05) is 0 Å². The highest BCUT2D eigenvalue weighted by molar-refractivity contribution is 6.46. The van der Waals surface area contributed by atoms with Crippen LogP contribution in [0.4, 0.5) is 0 Å². The van der Waals surface area contributed by atoms with Crippen LogP contribution in [0.3, 0.4) is 0 Å². The molecular formula is C11H9NO5. The van der Waals surface area contributed by atoms with Crippen LogP contribution < -0.4 is 9.47 Å². The fraction of sp³-hybridized carbons (Fsp3) is 0.182. The van der Waals surface area contributed by atoms with E-state index in [0.29, 0.717) is 17.1 Å². The predicted molar refractivity (Wildman–Crippen MR) is 57.2 cm³/mol. The maximum atomic E-state index is 11.7. The molecule has 6 heteroatoms. The average molecular weight is 235 g/mol. The van der Waals surface area contributed by atoms with Crippen molar-refractivity contribution in [3.63, 3.8) is 0 Å². The standard InChI is InChI=1S/C11H9NO5/c1-6(13)17-12-11-10(14)8-4-3-7(15-2)5-9(8)16-11/h3-5H,1-2H3. The Morgan fingerprint density at radius 2 is 2.18 bits per heavy atom. The predicted octanol–water partition coefficient (Wildman–Crippen LogP) is 1.15. The van der Waals surface area contributed by atoms with Crippen LogP contribution in [0.15, 0.2) is 23.4 Å². The second-order valence-electron chi connectivity index (χ2n) is 3.27. The summed E-state index contributed by atoms with van der Waals surface area (Å²) < 4.78 is 10.1. The van der Waals surface area contributed by atoms with Gasteiger partial charge in [0.2, 0.25) is 0 Å². The summed E-state index contributed by atoms with van der Waals surface area (Å²) in [6, 6.07) is 4.76. The monoisotopic (exact) mass is 235 g/mol. The average Bonchev–Trinajstić information content (AvgIpc) is 2.63. The number of benzene rings is 1. The van der Waals surface area contributed by atoms with Gasteiger partial charge in [-0.3, -0.25) is 4.79 Å². The molecule has 17 heavy (non-hydrogen) atoms. The summed E-state index contributed by atoms with van der Waals surface area (Å²) in [5.74, 6) is -0.416. The molecule has 1 heterocycles. The van der Waals surface area contributed by atoms with Gasteiger partial charge < -0.3 is 14.3 Å². The molecule has 0 unspecified atom stereocenters. The summed E-state index contributed by atoms with van der Waals surface area (Å²) in [5, 5.41) is 3.33. The molecular weight excluding hydrogens is 226 g/mol. The first-order chi connectivity index (χ1) is 8.11. The number of oxime groups is 1. The number of carbonyl (C=O) groups is 2. The summed E-state index contributed by atoms with van der Waals surface area (Å²) in [4.78, 5) is 26.6. The van der Waals surface area contributed by atoms with Crippen molar-refractivity contribution in [2.45, 2.75) is 6.92 Å². The van der Waals surface area contributed by atoms with Gasteiger partial charge >= 0.3 is 11.9 Å². The van der Waals surface area contributed by atoms with Crippen molar-refractivity contribution in [1.82, 2.24) is 0 Å². The second kappa shape index (κ2) is 4.25. The normalized spacial score (nSPS) is 15.4. The summed E-state index contributed by atoms with van der Waals surface area (Å²) in [5.41, 5.74) is 0.358. The van der Waals surface area contributed by atoms with Crippen molar-refractivity contribution in [3.8, 4) is 11.5 Å². The lowest BCUT2D eigenvalue weighted by Gasteiger charge is -2.00. The molecule has 1 aliphatic rings. The smallest absolute Gasteiger partial charge is 0.332 e. The van der Waals surface area contributed by atoms with Gasteiger partial charge in [0.15, 0.2) is 0 Å². The molecule has 0 radical (unpaired) electrons. The zero-order valence-electron chi connectivity index (χ0n) is 9.22. The van der Waals surface area contributed by atoms with E-state index in [-0.39, 0.29) is 5.90 Å². The summed E-state index contributed by atoms with van der Waals surface area (Å²) >= 11 is 0. The van der Waals surface area contributed by atoms with Crippen LogP contribution in [0, 0.1) is 0 Å². The molecule has 0 atom stereocenters. The van der Waals surface area contributed by atoms with Crippen LogP contribution in [0.1, 0.15) is 17.3 Å². The van der Waals surface area contributed by atoms with Crippen molar-refractivity contribution in [1.29, 1.82) is 0 Å². The van der Waals surface area contributed by atoms with Crippen molar-refractivity contribution < 1.29 is 23.9 Å². The molecule has 88 valence electrons. The SMILES string of the molecule is COc1ccc2c(c1)OC(=NOC(C)=O)C2=O. The van der Waals surface area contributed by atoms with Crippen LogP contribution in [-0.4, -0.2) is 24.8 Å². The van der Waals surface area contributed by atoms with Crippen molar-refractivity contribution >= 4 is 17.7 Å². The molecule has 0 aliphatic carbocycles. The molecule has 0 fully saturated rings. The first-order valence-corrected chi connectivity index (χ1v) is 4.78. The van der Waals surface area contributed by atoms with E-state index in [2.05, 4.69) is 9.99 Å². The highest BCUT2D eigenvalue weighted by Crippen LogP contribution is 2.30. The van der Waals surface area contributed by atoms with Gasteiger partial charge in [0.05, 0.1) is 12.7 Å². The molecule has 0 saturated carbocycles. The molecule has 1 aromatic carbocycles. The van der Waals surface area contributed by atoms with Gasteiger partial charge in [0.1, 0.15) is 11.5 Å². The fourth-order valence-corrected chi connectivity index (χ4v) is 1.33. The first-order valence-electron chi connectivity index (χ1n) is 4.78. The Kier molecular flexibility index (Phi) is 2.78. The molecule has 0 saturated heterocycles. The van der Waals surface area contributed by atoms with E-state index in [0.717, 1.165) is 0 Å². The lowest BCUT2D eigenvalue weighted by molar-refractivity contribution is -0.141. The first kappa shape index (κ1) is 11.1. The van der Waals surface area contributed by atoms with E-state index in [1.165, 1.54) is 14.0 Å². The van der Waals surface area contributed by atoms with Gasteiger partial charge in [-0.2, -0.15) is 0 Å². The number of Topliss-reactive ketones (excluding diaryl/α,β-unsaturated/α-hetero) is 1. The second-order valence-corrected chi connectivity index (χ2v) is 3.27. The number of rotatable bonds is 2. The van der Waals surface area contributed by atoms with Crippen LogP contribution >= 0.6 is 0 Å². The van der Waals surface area contributed by atoms with Crippen LogP contribution in [0.25, 0.3) is 0 Å². The zero-order chi connectivity index (χ0) is 12.4. The number of hydrogen-bond donors (Lipinski definition) is 0. The number of ether oxygens (including phenoxy) is 2. The van der Waals surface area contributed by atoms with Gasteiger partial charge in [-0.25, -0.2) is 4.79 Å². The molecule has 0 N–H and O–H groups in total. The zero-order valence-corrected chi connectivity index (χ0v) is 9.22. The number of hydrogen-bond acceptors (Lipinski definition) is 6. The van der Waals surface area contributed by atoms with E-state index >= 15 is 0 Å². The fourth-order valence-electron chi connectivity index (χ4n) is 1.33. The number of nitrogens with zero attached hydrogens (tertiary/aromatic N) is 1. The highest BCUT2D eigenvalue weighted by atomic mass is 16.7. The lowest BCUT2D eigenvalue weighted by atomic mass is 10.1. The van der Waals surface area contributed by atoms with Crippen molar-refractivity contribution in [2.75, 3.05) is 7.11 Å². The maximum absolute atomic E-state index is 11.7. The number of methoxy groups -OCH3 is 1. The Morgan fingerprint density at radius 1 is 1.41 bits per heavy atom. The molecule has 6 nitrogen and oxygen atoms in total. The quantitative estimate of drug-likeness (QED) is 0.567. The van der Waals surface area contributed by atoms with Gasteiger partial charge in [0.25, 0.3) is 5.78 Å². The van der Waals surface area contributed by atoms with Gasteiger partial charge in [-0.05, 0) is 17.3 Å². The maximum Gasteiger partial charge on any atom is 0.332 e.